The monoisotopic (exact) mass is 258 g/mol. The number of aromatic nitrogens is 1. The minimum absolute atomic E-state index is 0.350. The molecule has 1 aromatic rings. The highest BCUT2D eigenvalue weighted by Gasteiger charge is 2.30. The van der Waals surface area contributed by atoms with Crippen LogP contribution in [0.15, 0.2) is 0 Å². The number of nitrogens with zero attached hydrogens (tertiary/aromatic N) is 1. The third kappa shape index (κ3) is 3.24. The summed E-state index contributed by atoms with van der Waals surface area (Å²) in [6, 6.07) is 0. The summed E-state index contributed by atoms with van der Waals surface area (Å²) in [5, 5.41) is 21.2. The maximum absolute atomic E-state index is 11.7. The number of aliphatic hydroxyl groups is 1. The van der Waals surface area contributed by atoms with Crippen LogP contribution >= 0.6 is 11.3 Å². The minimum atomic E-state index is -1.97. The summed E-state index contributed by atoms with van der Waals surface area (Å²) in [6.07, 6.45) is 0. The summed E-state index contributed by atoms with van der Waals surface area (Å²) < 4.78 is 0. The summed E-state index contributed by atoms with van der Waals surface area (Å²) in [6.45, 7) is 4.26. The van der Waals surface area contributed by atoms with E-state index in [4.69, 9.17) is 5.11 Å². The summed E-state index contributed by atoms with van der Waals surface area (Å²) in [5.74, 6) is -1.80. The van der Waals surface area contributed by atoms with Gasteiger partial charge in [0.2, 0.25) is 0 Å². The van der Waals surface area contributed by atoms with Gasteiger partial charge >= 0.3 is 5.97 Å². The number of aliphatic carboxylic acids is 1. The number of carboxylic acids is 1. The molecule has 1 heterocycles. The summed E-state index contributed by atoms with van der Waals surface area (Å²) >= 11 is 1.23. The van der Waals surface area contributed by atoms with Crippen molar-refractivity contribution in [3.63, 3.8) is 0 Å². The van der Waals surface area contributed by atoms with Crippen molar-refractivity contribution in [2.45, 2.75) is 26.4 Å². The standard InChI is InChI=1S/C10H14N2O4S/c1-5-7(17-6(2)12-5)8(13)11-4-10(3,16)9(14)15/h16H,4H2,1-3H3,(H,11,13)(H,14,15). The van der Waals surface area contributed by atoms with Crippen molar-refractivity contribution in [1.82, 2.24) is 10.3 Å². The fraction of sp³-hybridized carbons (Fsp3) is 0.500. The Hall–Kier alpha value is -1.47. The Balaban J connectivity index is 2.68. The van der Waals surface area contributed by atoms with Crippen LogP contribution in [-0.4, -0.2) is 39.2 Å². The summed E-state index contributed by atoms with van der Waals surface area (Å²) in [4.78, 5) is 26.9. The molecule has 0 fully saturated rings. The van der Waals surface area contributed by atoms with Gasteiger partial charge in [-0.05, 0) is 20.8 Å². The zero-order valence-electron chi connectivity index (χ0n) is 9.77. The molecule has 3 N–H and O–H groups in total. The lowest BCUT2D eigenvalue weighted by atomic mass is 10.1. The quantitative estimate of drug-likeness (QED) is 0.722. The van der Waals surface area contributed by atoms with Gasteiger partial charge in [-0.1, -0.05) is 0 Å². The number of carbonyl (C=O) groups is 2. The van der Waals surface area contributed by atoms with Crippen LogP contribution in [0.4, 0.5) is 0 Å². The zero-order valence-corrected chi connectivity index (χ0v) is 10.6. The Morgan fingerprint density at radius 2 is 2.06 bits per heavy atom. The molecule has 1 amide bonds. The van der Waals surface area contributed by atoms with Gasteiger partial charge in [-0.15, -0.1) is 11.3 Å². The number of amides is 1. The van der Waals surface area contributed by atoms with Gasteiger partial charge in [0.05, 0.1) is 17.2 Å². The van der Waals surface area contributed by atoms with Crippen LogP contribution in [0.1, 0.15) is 27.3 Å². The first-order valence-corrected chi connectivity index (χ1v) is 5.73. The highest BCUT2D eigenvalue weighted by molar-refractivity contribution is 7.13. The van der Waals surface area contributed by atoms with Crippen molar-refractivity contribution in [3.05, 3.63) is 15.6 Å². The molecule has 0 aliphatic heterocycles. The Kier molecular flexibility index (Phi) is 3.84. The van der Waals surface area contributed by atoms with E-state index in [0.29, 0.717) is 10.6 Å². The third-order valence-electron chi connectivity index (χ3n) is 2.16. The second kappa shape index (κ2) is 4.80. The molecular weight excluding hydrogens is 244 g/mol. The van der Waals surface area contributed by atoms with Crippen molar-refractivity contribution in [2.75, 3.05) is 6.54 Å². The van der Waals surface area contributed by atoms with Gasteiger partial charge in [-0.2, -0.15) is 0 Å². The summed E-state index contributed by atoms with van der Waals surface area (Å²) in [7, 11) is 0. The van der Waals surface area contributed by atoms with Gasteiger partial charge in [-0.25, -0.2) is 9.78 Å². The van der Waals surface area contributed by atoms with Gasteiger partial charge in [0.25, 0.3) is 5.91 Å². The number of thiazole rings is 1. The average Bonchev–Trinajstić information content (AvgIpc) is 2.54. The molecule has 1 aromatic heterocycles. The van der Waals surface area contributed by atoms with Crippen LogP contribution in [-0.2, 0) is 4.79 Å². The average molecular weight is 258 g/mol. The Bertz CT molecular complexity index is 453. The Labute approximate surface area is 102 Å². The first kappa shape index (κ1) is 13.6. The van der Waals surface area contributed by atoms with Crippen molar-refractivity contribution in [3.8, 4) is 0 Å². The van der Waals surface area contributed by atoms with Gasteiger partial charge in [0.15, 0.2) is 5.60 Å². The fourth-order valence-corrected chi connectivity index (χ4v) is 1.99. The second-order valence-electron chi connectivity index (χ2n) is 3.91. The third-order valence-corrected chi connectivity index (χ3v) is 3.24. The van der Waals surface area contributed by atoms with Crippen LogP contribution in [0.25, 0.3) is 0 Å². The van der Waals surface area contributed by atoms with E-state index in [1.54, 1.807) is 13.8 Å². The largest absolute Gasteiger partial charge is 0.479 e. The van der Waals surface area contributed by atoms with Crippen LogP contribution in [0, 0.1) is 13.8 Å². The molecule has 0 aliphatic rings. The predicted octanol–water partition coefficient (Wildman–Crippen LogP) is 0.325. The lowest BCUT2D eigenvalue weighted by Gasteiger charge is -2.17. The second-order valence-corrected chi connectivity index (χ2v) is 5.11. The van der Waals surface area contributed by atoms with E-state index in [-0.39, 0.29) is 6.54 Å². The van der Waals surface area contributed by atoms with Gasteiger partial charge < -0.3 is 15.5 Å². The molecule has 0 bridgehead atoms. The lowest BCUT2D eigenvalue weighted by Crippen LogP contribution is -2.46. The molecule has 1 unspecified atom stereocenters. The topological polar surface area (TPSA) is 99.5 Å². The maximum atomic E-state index is 11.7. The van der Waals surface area contributed by atoms with E-state index in [0.717, 1.165) is 11.9 Å². The van der Waals surface area contributed by atoms with E-state index in [1.807, 2.05) is 0 Å². The first-order chi connectivity index (χ1) is 7.74. The molecule has 6 nitrogen and oxygen atoms in total. The Morgan fingerprint density at radius 3 is 2.47 bits per heavy atom. The number of rotatable bonds is 4. The predicted molar refractivity (Wildman–Crippen MR) is 62.2 cm³/mol. The Morgan fingerprint density at radius 1 is 1.47 bits per heavy atom. The molecule has 7 heteroatoms. The molecule has 0 radical (unpaired) electrons. The first-order valence-electron chi connectivity index (χ1n) is 4.92. The lowest BCUT2D eigenvalue weighted by molar-refractivity contribution is -0.155. The SMILES string of the molecule is Cc1nc(C)c(C(=O)NCC(C)(O)C(=O)O)s1. The van der Waals surface area contributed by atoms with E-state index in [9.17, 15) is 14.7 Å². The number of nitrogens with one attached hydrogen (secondary N) is 1. The van der Waals surface area contributed by atoms with Crippen molar-refractivity contribution < 1.29 is 19.8 Å². The van der Waals surface area contributed by atoms with Gasteiger partial charge in [0, 0.05) is 0 Å². The minimum Gasteiger partial charge on any atom is -0.479 e. The van der Waals surface area contributed by atoms with Crippen LogP contribution in [0.2, 0.25) is 0 Å². The number of hydrogen-bond acceptors (Lipinski definition) is 5. The molecular formula is C10H14N2O4S. The van der Waals surface area contributed by atoms with E-state index >= 15 is 0 Å². The van der Waals surface area contributed by atoms with Gasteiger partial charge in [-0.3, -0.25) is 4.79 Å². The highest BCUT2D eigenvalue weighted by atomic mass is 32.1. The molecule has 0 aromatic carbocycles. The number of carbonyl (C=O) groups excluding carboxylic acids is 1. The molecule has 1 atom stereocenters. The number of aryl methyl sites for hydroxylation is 2. The molecule has 0 aliphatic carbocycles. The summed E-state index contributed by atoms with van der Waals surface area (Å²) in [5.41, 5.74) is -1.37. The van der Waals surface area contributed by atoms with Crippen molar-refractivity contribution in [2.24, 2.45) is 0 Å². The van der Waals surface area contributed by atoms with Crippen molar-refractivity contribution in [1.29, 1.82) is 0 Å². The molecule has 94 valence electrons. The molecule has 0 spiro atoms. The zero-order chi connectivity index (χ0) is 13.2. The smallest absolute Gasteiger partial charge is 0.337 e. The number of carboxylic acid groups (broad SMARTS) is 1. The fourth-order valence-electron chi connectivity index (χ4n) is 1.15. The van der Waals surface area contributed by atoms with Gasteiger partial charge in [0.1, 0.15) is 4.88 Å². The van der Waals surface area contributed by atoms with E-state index in [2.05, 4.69) is 10.3 Å². The van der Waals surface area contributed by atoms with Crippen LogP contribution < -0.4 is 5.32 Å². The highest BCUT2D eigenvalue weighted by Crippen LogP contribution is 2.16. The van der Waals surface area contributed by atoms with E-state index in [1.165, 1.54) is 11.3 Å². The molecule has 0 saturated carbocycles. The normalized spacial score (nSPS) is 14.1. The number of hydrogen-bond donors (Lipinski definition) is 3. The van der Waals surface area contributed by atoms with Crippen molar-refractivity contribution >= 4 is 23.2 Å². The molecule has 17 heavy (non-hydrogen) atoms. The van der Waals surface area contributed by atoms with E-state index < -0.39 is 17.5 Å². The molecule has 1 rings (SSSR count). The molecule has 0 saturated heterocycles. The van der Waals surface area contributed by atoms with Crippen LogP contribution in [0.3, 0.4) is 0 Å². The van der Waals surface area contributed by atoms with Crippen LogP contribution in [0.5, 0.6) is 0 Å². The maximum Gasteiger partial charge on any atom is 0.337 e.